The first-order valence-electron chi connectivity index (χ1n) is 10.8. The van der Waals surface area contributed by atoms with Crippen molar-refractivity contribution >= 4 is 11.7 Å². The average molecular weight is 377 g/mol. The number of aromatic nitrogens is 1. The molecular formula is C22H40N4O. The maximum Gasteiger partial charge on any atom is 0.222 e. The number of carbonyl (C=O) groups is 1. The normalized spacial score (nSPS) is 13.7. The zero-order chi connectivity index (χ0) is 20.1. The number of nitrogens with one attached hydrogen (secondary N) is 1. The number of hydrogen-bond donors (Lipinski definition) is 1. The molecule has 27 heavy (non-hydrogen) atoms. The van der Waals surface area contributed by atoms with E-state index in [4.69, 9.17) is 4.98 Å². The van der Waals surface area contributed by atoms with Crippen molar-refractivity contribution in [3.63, 3.8) is 0 Å². The summed E-state index contributed by atoms with van der Waals surface area (Å²) in [6.45, 7) is 13.3. The number of nitrogens with zero attached hydrogens (tertiary/aromatic N) is 3. The summed E-state index contributed by atoms with van der Waals surface area (Å²) in [5.74, 6) is 1.35. The van der Waals surface area contributed by atoms with Gasteiger partial charge >= 0.3 is 0 Å². The van der Waals surface area contributed by atoms with Crippen LogP contribution in [0, 0.1) is 0 Å². The number of likely N-dealkylation sites (N-methyl/N-ethyl adjacent to an activating group) is 1. The maximum atomic E-state index is 11.7. The highest BCUT2D eigenvalue weighted by atomic mass is 16.2. The van der Waals surface area contributed by atoms with Crippen LogP contribution in [0.25, 0.3) is 0 Å². The van der Waals surface area contributed by atoms with Gasteiger partial charge in [-0.05, 0) is 56.8 Å². The highest BCUT2D eigenvalue weighted by Gasteiger charge is 2.19. The standard InChI is InChI=1S/C20H34N4O.C2H6/c1-4-17-11-12-18(22-20(17)21-3)9-6-7-13-23(5-2)15-16-24-14-8-10-19(24)25;1-2/h11-12H,4-10,13-16H2,1-3H3,(H,21,22);1-2H3. The van der Waals surface area contributed by atoms with Gasteiger partial charge in [0.25, 0.3) is 0 Å². The fourth-order valence-electron chi connectivity index (χ4n) is 3.44. The Morgan fingerprint density at radius 1 is 1.19 bits per heavy atom. The van der Waals surface area contributed by atoms with Gasteiger partial charge in [0.2, 0.25) is 5.91 Å². The first-order chi connectivity index (χ1) is 13.2. The monoisotopic (exact) mass is 376 g/mol. The van der Waals surface area contributed by atoms with E-state index in [0.29, 0.717) is 5.91 Å². The molecule has 1 aliphatic rings. The Morgan fingerprint density at radius 3 is 2.56 bits per heavy atom. The Morgan fingerprint density at radius 2 is 1.96 bits per heavy atom. The quantitative estimate of drug-likeness (QED) is 0.594. The van der Waals surface area contributed by atoms with E-state index in [1.165, 1.54) is 17.7 Å². The molecule has 1 fully saturated rings. The zero-order valence-corrected chi connectivity index (χ0v) is 18.2. The van der Waals surface area contributed by atoms with Crippen LogP contribution in [0.15, 0.2) is 12.1 Å². The highest BCUT2D eigenvalue weighted by Crippen LogP contribution is 2.15. The van der Waals surface area contributed by atoms with Gasteiger partial charge in [0.1, 0.15) is 5.82 Å². The van der Waals surface area contributed by atoms with Crippen molar-refractivity contribution in [1.82, 2.24) is 14.8 Å². The summed E-state index contributed by atoms with van der Waals surface area (Å²) in [4.78, 5) is 20.9. The molecule has 1 aliphatic heterocycles. The Labute approximate surface area is 166 Å². The lowest BCUT2D eigenvalue weighted by Crippen LogP contribution is -2.36. The van der Waals surface area contributed by atoms with Crippen molar-refractivity contribution in [2.45, 2.75) is 66.2 Å². The summed E-state index contributed by atoms with van der Waals surface area (Å²) >= 11 is 0. The molecule has 154 valence electrons. The van der Waals surface area contributed by atoms with Crippen LogP contribution in [-0.2, 0) is 17.6 Å². The highest BCUT2D eigenvalue weighted by molar-refractivity contribution is 5.78. The lowest BCUT2D eigenvalue weighted by molar-refractivity contribution is -0.127. The van der Waals surface area contributed by atoms with Crippen molar-refractivity contribution in [1.29, 1.82) is 0 Å². The van der Waals surface area contributed by atoms with E-state index in [9.17, 15) is 4.79 Å². The second-order valence-corrected chi connectivity index (χ2v) is 6.79. The molecule has 0 aromatic carbocycles. The summed E-state index contributed by atoms with van der Waals surface area (Å²) < 4.78 is 0. The molecule has 0 radical (unpaired) electrons. The molecule has 0 bridgehead atoms. The van der Waals surface area contributed by atoms with Crippen molar-refractivity contribution in [2.24, 2.45) is 0 Å². The summed E-state index contributed by atoms with van der Waals surface area (Å²) in [6, 6.07) is 4.36. The lowest BCUT2D eigenvalue weighted by Gasteiger charge is -2.24. The predicted molar refractivity (Wildman–Crippen MR) is 115 cm³/mol. The van der Waals surface area contributed by atoms with Gasteiger partial charge in [-0.3, -0.25) is 4.79 Å². The van der Waals surface area contributed by atoms with Gasteiger partial charge in [-0.1, -0.05) is 33.8 Å². The number of carbonyl (C=O) groups excluding carboxylic acids is 1. The third-order valence-electron chi connectivity index (χ3n) is 5.12. The number of likely N-dealkylation sites (tertiary alicyclic amines) is 1. The van der Waals surface area contributed by atoms with Gasteiger partial charge in [0.15, 0.2) is 0 Å². The van der Waals surface area contributed by atoms with Gasteiger partial charge < -0.3 is 15.1 Å². The number of hydrogen-bond acceptors (Lipinski definition) is 4. The third-order valence-corrected chi connectivity index (χ3v) is 5.12. The van der Waals surface area contributed by atoms with Gasteiger partial charge in [0, 0.05) is 38.8 Å². The molecule has 1 N–H and O–H groups in total. The second kappa shape index (κ2) is 13.5. The molecule has 2 heterocycles. The van der Waals surface area contributed by atoms with E-state index in [0.717, 1.165) is 70.6 Å². The van der Waals surface area contributed by atoms with Crippen LogP contribution < -0.4 is 5.32 Å². The topological polar surface area (TPSA) is 48.5 Å². The van der Waals surface area contributed by atoms with Crippen LogP contribution in [0.4, 0.5) is 5.82 Å². The van der Waals surface area contributed by atoms with Gasteiger partial charge in [-0.2, -0.15) is 0 Å². The molecule has 5 nitrogen and oxygen atoms in total. The van der Waals surface area contributed by atoms with E-state index in [-0.39, 0.29) is 0 Å². The zero-order valence-electron chi connectivity index (χ0n) is 18.2. The van der Waals surface area contributed by atoms with Crippen LogP contribution >= 0.6 is 0 Å². The largest absolute Gasteiger partial charge is 0.373 e. The van der Waals surface area contributed by atoms with Crippen molar-refractivity contribution < 1.29 is 4.79 Å². The SMILES string of the molecule is CC.CCc1ccc(CCCCN(CC)CCN2CCCC2=O)nc1NC. The molecule has 0 aliphatic carbocycles. The molecule has 0 spiro atoms. The minimum atomic E-state index is 0.331. The summed E-state index contributed by atoms with van der Waals surface area (Å²) in [5, 5.41) is 3.20. The Balaban J connectivity index is 0.00000176. The van der Waals surface area contributed by atoms with E-state index >= 15 is 0 Å². The fraction of sp³-hybridized carbons (Fsp3) is 0.727. The Bertz CT molecular complexity index is 547. The van der Waals surface area contributed by atoms with Crippen LogP contribution in [0.1, 0.15) is 64.6 Å². The average Bonchev–Trinajstić information content (AvgIpc) is 3.13. The van der Waals surface area contributed by atoms with E-state index in [2.05, 4.69) is 36.2 Å². The van der Waals surface area contributed by atoms with Crippen molar-refractivity contribution in [3.05, 3.63) is 23.4 Å². The Hall–Kier alpha value is -1.62. The number of rotatable bonds is 11. The van der Waals surface area contributed by atoms with Crippen LogP contribution in [-0.4, -0.2) is 60.5 Å². The first kappa shape index (κ1) is 23.4. The molecule has 0 atom stereocenters. The second-order valence-electron chi connectivity index (χ2n) is 6.79. The van der Waals surface area contributed by atoms with Crippen LogP contribution in [0.3, 0.4) is 0 Å². The molecule has 5 heteroatoms. The maximum absolute atomic E-state index is 11.7. The van der Waals surface area contributed by atoms with E-state index in [1.54, 1.807) is 0 Å². The number of anilines is 1. The van der Waals surface area contributed by atoms with Gasteiger partial charge in [-0.15, -0.1) is 0 Å². The molecule has 1 amide bonds. The molecule has 1 saturated heterocycles. The minimum absolute atomic E-state index is 0.331. The van der Waals surface area contributed by atoms with Gasteiger partial charge in [-0.25, -0.2) is 4.98 Å². The van der Waals surface area contributed by atoms with Gasteiger partial charge in [0.05, 0.1) is 0 Å². The summed E-state index contributed by atoms with van der Waals surface area (Å²) in [5.41, 5.74) is 2.45. The third kappa shape index (κ3) is 7.87. The number of amides is 1. The smallest absolute Gasteiger partial charge is 0.222 e. The lowest BCUT2D eigenvalue weighted by atomic mass is 10.1. The number of pyridine rings is 1. The van der Waals surface area contributed by atoms with Crippen LogP contribution in [0.2, 0.25) is 0 Å². The number of unbranched alkanes of at least 4 members (excludes halogenated alkanes) is 1. The van der Waals surface area contributed by atoms with E-state index < -0.39 is 0 Å². The minimum Gasteiger partial charge on any atom is -0.373 e. The summed E-state index contributed by atoms with van der Waals surface area (Å²) in [7, 11) is 1.94. The predicted octanol–water partition coefficient (Wildman–Crippen LogP) is 3.98. The van der Waals surface area contributed by atoms with Crippen molar-refractivity contribution in [2.75, 3.05) is 45.1 Å². The van der Waals surface area contributed by atoms with Crippen molar-refractivity contribution in [3.8, 4) is 0 Å². The fourth-order valence-corrected chi connectivity index (χ4v) is 3.44. The molecule has 1 aromatic heterocycles. The molecule has 2 rings (SSSR count). The van der Waals surface area contributed by atoms with Crippen LogP contribution in [0.5, 0.6) is 0 Å². The summed E-state index contributed by atoms with van der Waals surface area (Å²) in [6.07, 6.45) is 6.14. The first-order valence-corrected chi connectivity index (χ1v) is 10.8. The molecule has 0 saturated carbocycles. The Kier molecular flexibility index (Phi) is 11.7. The molecule has 1 aromatic rings. The molecule has 0 unspecified atom stereocenters. The molecular weight excluding hydrogens is 336 g/mol. The number of aryl methyl sites for hydroxylation is 2. The van der Waals surface area contributed by atoms with E-state index in [1.807, 2.05) is 25.8 Å².